The van der Waals surface area contributed by atoms with Gasteiger partial charge in [-0.2, -0.15) is 13.2 Å². The molecule has 0 fully saturated rings. The number of pyridine rings is 1. The molecule has 0 saturated carbocycles. The number of aromatic amines is 1. The number of nitrogens with two attached hydrogens (primary N) is 1. The fraction of sp³-hybridized carbons (Fsp3) is 0.316. The number of H-pyrrole nitrogens is 1. The second-order valence-electron chi connectivity index (χ2n) is 6.78. The number of alkyl halides is 3. The highest BCUT2D eigenvalue weighted by Crippen LogP contribution is 2.34. The number of nitrogens with zero attached hydrogens (tertiary/aromatic N) is 1. The fourth-order valence-corrected chi connectivity index (χ4v) is 3.03. The van der Waals surface area contributed by atoms with E-state index in [2.05, 4.69) is 23.8 Å². The third kappa shape index (κ3) is 6.02. The number of hydrogen-bond acceptors (Lipinski definition) is 4. The van der Waals surface area contributed by atoms with Crippen LogP contribution in [0.4, 0.5) is 13.2 Å². The number of primary sulfonamides is 1. The van der Waals surface area contributed by atoms with Crippen LogP contribution in [0, 0.1) is 5.92 Å². The quantitative estimate of drug-likeness (QED) is 0.584. The normalized spacial score (nSPS) is 12.1. The van der Waals surface area contributed by atoms with Gasteiger partial charge in [-0.25, -0.2) is 18.5 Å². The lowest BCUT2D eigenvalue weighted by molar-refractivity contribution is -0.140. The van der Waals surface area contributed by atoms with Crippen molar-refractivity contribution in [2.75, 3.05) is 6.61 Å². The maximum absolute atomic E-state index is 12.8. The first-order chi connectivity index (χ1) is 13.4. The Hall–Kier alpha value is -2.43. The van der Waals surface area contributed by atoms with Gasteiger partial charge in [0.2, 0.25) is 10.0 Å². The molecule has 158 valence electrons. The van der Waals surface area contributed by atoms with E-state index in [0.29, 0.717) is 29.0 Å². The van der Waals surface area contributed by atoms with Crippen molar-refractivity contribution in [3.05, 3.63) is 48.3 Å². The number of rotatable bonds is 4. The zero-order chi connectivity index (χ0) is 21.8. The first kappa shape index (κ1) is 22.9. The Morgan fingerprint density at radius 3 is 2.24 bits per heavy atom. The lowest BCUT2D eigenvalue weighted by atomic mass is 10.0. The number of aliphatic hydroxyl groups excluding tert-OH is 1. The average molecular weight is 429 g/mol. The van der Waals surface area contributed by atoms with E-state index in [0.717, 1.165) is 12.5 Å². The summed E-state index contributed by atoms with van der Waals surface area (Å²) in [6.45, 7) is 4.52. The molecule has 3 aromatic rings. The molecule has 0 unspecified atom stereocenters. The van der Waals surface area contributed by atoms with E-state index >= 15 is 0 Å². The van der Waals surface area contributed by atoms with Crippen LogP contribution in [0.15, 0.2) is 47.5 Å². The largest absolute Gasteiger partial charge is 0.431 e. The van der Waals surface area contributed by atoms with Crippen LogP contribution in [0.25, 0.3) is 22.2 Å². The van der Waals surface area contributed by atoms with Gasteiger partial charge in [-0.15, -0.1) is 0 Å². The van der Waals surface area contributed by atoms with E-state index in [1.54, 1.807) is 6.07 Å². The second kappa shape index (κ2) is 8.93. The van der Waals surface area contributed by atoms with Crippen molar-refractivity contribution in [2.24, 2.45) is 11.1 Å². The van der Waals surface area contributed by atoms with Crippen LogP contribution in [-0.2, 0) is 16.2 Å². The second-order valence-corrected chi connectivity index (χ2v) is 8.34. The highest BCUT2D eigenvalue weighted by molar-refractivity contribution is 7.89. The molecule has 0 aliphatic carbocycles. The summed E-state index contributed by atoms with van der Waals surface area (Å²) in [7, 11) is -3.83. The number of benzene rings is 1. The lowest BCUT2D eigenvalue weighted by Crippen LogP contribution is -2.11. The van der Waals surface area contributed by atoms with Crippen LogP contribution >= 0.6 is 0 Å². The molecule has 6 nitrogen and oxygen atoms in total. The number of fused-ring (bicyclic) bond motifs is 1. The van der Waals surface area contributed by atoms with Gasteiger partial charge in [0, 0.05) is 18.2 Å². The van der Waals surface area contributed by atoms with Crippen LogP contribution in [0.1, 0.15) is 26.0 Å². The third-order valence-electron chi connectivity index (χ3n) is 4.04. The highest BCUT2D eigenvalue weighted by Gasteiger charge is 2.33. The minimum absolute atomic E-state index is 0.0726. The van der Waals surface area contributed by atoms with Gasteiger partial charge in [-0.3, -0.25) is 0 Å². The molecule has 2 aromatic heterocycles. The number of sulfonamides is 1. The maximum atomic E-state index is 12.8. The molecule has 0 radical (unpaired) electrons. The molecule has 0 atom stereocenters. The zero-order valence-corrected chi connectivity index (χ0v) is 16.7. The van der Waals surface area contributed by atoms with Crippen molar-refractivity contribution in [3.8, 4) is 11.1 Å². The maximum Gasteiger partial charge on any atom is 0.431 e. The molecule has 0 aliphatic rings. The van der Waals surface area contributed by atoms with Gasteiger partial charge in [-0.05, 0) is 47.7 Å². The summed E-state index contributed by atoms with van der Waals surface area (Å²) in [6.07, 6.45) is -2.20. The monoisotopic (exact) mass is 429 g/mol. The number of aromatic nitrogens is 2. The Labute approximate surface area is 166 Å². The van der Waals surface area contributed by atoms with Crippen LogP contribution in [-0.4, -0.2) is 30.1 Å². The van der Waals surface area contributed by atoms with E-state index < -0.39 is 21.9 Å². The molecule has 0 saturated heterocycles. The Bertz CT molecular complexity index is 1060. The van der Waals surface area contributed by atoms with E-state index in [9.17, 15) is 21.6 Å². The molecule has 2 heterocycles. The minimum Gasteiger partial charge on any atom is -0.396 e. The molecule has 10 heteroatoms. The zero-order valence-electron chi connectivity index (χ0n) is 15.9. The Morgan fingerprint density at radius 1 is 1.17 bits per heavy atom. The molecule has 29 heavy (non-hydrogen) atoms. The fourth-order valence-electron chi connectivity index (χ4n) is 2.51. The van der Waals surface area contributed by atoms with Gasteiger partial charge in [-0.1, -0.05) is 26.0 Å². The molecule has 0 spiro atoms. The van der Waals surface area contributed by atoms with Crippen molar-refractivity contribution in [3.63, 3.8) is 0 Å². The number of nitrogens with one attached hydrogen (secondary N) is 1. The Balaban J connectivity index is 0.000000438. The molecular weight excluding hydrogens is 407 g/mol. The van der Waals surface area contributed by atoms with E-state index in [-0.39, 0.29) is 10.5 Å². The van der Waals surface area contributed by atoms with Crippen LogP contribution in [0.3, 0.4) is 0 Å². The summed E-state index contributed by atoms with van der Waals surface area (Å²) >= 11 is 0. The molecule has 4 N–H and O–H groups in total. The Kier molecular flexibility index (Phi) is 7.04. The standard InChI is InChI=1S/C14H10F3N3O2S.C5H12O/c15-14(16,17)12-7-11-10(5-6-19-13(11)20-12)8-1-3-9(4-2-8)23(18,21)22;1-5(2)3-4-6/h1-7H,(H,19,20)(H2,18,21,22);5-6H,3-4H2,1-2H3. The number of aliphatic hydroxyl groups is 1. The molecule has 1 aromatic carbocycles. The SMILES string of the molecule is CC(C)CCO.NS(=O)(=O)c1ccc(-c2ccnc3[nH]c(C(F)(F)F)cc23)cc1. The van der Waals surface area contributed by atoms with Crippen molar-refractivity contribution in [1.29, 1.82) is 0 Å². The number of halogens is 3. The predicted octanol–water partition coefficient (Wildman–Crippen LogP) is 3.92. The summed E-state index contributed by atoms with van der Waals surface area (Å²) < 4.78 is 60.9. The van der Waals surface area contributed by atoms with E-state index in [4.69, 9.17) is 10.2 Å². The van der Waals surface area contributed by atoms with Gasteiger partial charge >= 0.3 is 6.18 Å². The van der Waals surface area contributed by atoms with Gasteiger partial charge in [0.05, 0.1) is 4.90 Å². The topological polar surface area (TPSA) is 109 Å². The summed E-state index contributed by atoms with van der Waals surface area (Å²) in [4.78, 5) is 6.04. The summed E-state index contributed by atoms with van der Waals surface area (Å²) in [5.41, 5.74) is 0.263. The van der Waals surface area contributed by atoms with Crippen LogP contribution in [0.2, 0.25) is 0 Å². The minimum atomic E-state index is -4.50. The Morgan fingerprint density at radius 2 is 1.79 bits per heavy atom. The molecule has 0 aliphatic heterocycles. The lowest BCUT2D eigenvalue weighted by Gasteiger charge is -2.04. The first-order valence-corrected chi connectivity index (χ1v) is 10.3. The summed E-state index contributed by atoms with van der Waals surface area (Å²) in [5.74, 6) is 0.648. The molecule has 0 bridgehead atoms. The van der Waals surface area contributed by atoms with Crippen LogP contribution in [0.5, 0.6) is 0 Å². The summed E-state index contributed by atoms with van der Waals surface area (Å²) in [5, 5.41) is 13.6. The van der Waals surface area contributed by atoms with E-state index in [1.165, 1.54) is 30.5 Å². The van der Waals surface area contributed by atoms with Crippen LogP contribution < -0.4 is 5.14 Å². The molecule has 3 rings (SSSR count). The van der Waals surface area contributed by atoms with Gasteiger partial charge in [0.25, 0.3) is 0 Å². The smallest absolute Gasteiger partial charge is 0.396 e. The average Bonchev–Trinajstić information content (AvgIpc) is 3.06. The first-order valence-electron chi connectivity index (χ1n) is 8.72. The third-order valence-corrected chi connectivity index (χ3v) is 4.97. The van der Waals surface area contributed by atoms with Crippen molar-refractivity contribution >= 4 is 21.1 Å². The van der Waals surface area contributed by atoms with Gasteiger partial charge < -0.3 is 10.1 Å². The van der Waals surface area contributed by atoms with Crippen molar-refractivity contribution in [1.82, 2.24) is 9.97 Å². The van der Waals surface area contributed by atoms with Crippen molar-refractivity contribution < 1.29 is 26.7 Å². The van der Waals surface area contributed by atoms with Crippen molar-refractivity contribution in [2.45, 2.75) is 31.3 Å². The van der Waals surface area contributed by atoms with Gasteiger partial charge in [0.15, 0.2) is 0 Å². The summed E-state index contributed by atoms with van der Waals surface area (Å²) in [6, 6.07) is 8.10. The molecule has 0 amide bonds. The highest BCUT2D eigenvalue weighted by atomic mass is 32.2. The predicted molar refractivity (Wildman–Crippen MR) is 104 cm³/mol. The van der Waals surface area contributed by atoms with Gasteiger partial charge in [0.1, 0.15) is 11.3 Å². The molecular formula is C19H22F3N3O3S. The van der Waals surface area contributed by atoms with E-state index in [1.807, 2.05) is 0 Å². The number of hydrogen-bond donors (Lipinski definition) is 3.